The van der Waals surface area contributed by atoms with E-state index in [4.69, 9.17) is 5.41 Å². The van der Waals surface area contributed by atoms with Gasteiger partial charge in [-0.1, -0.05) is 204 Å². The highest BCUT2D eigenvalue weighted by atomic mass is 32.1. The molecule has 7 aromatic rings. The first-order valence-corrected chi connectivity index (χ1v) is 23.0. The van der Waals surface area contributed by atoms with Gasteiger partial charge in [0.25, 0.3) is 0 Å². The molecular weight excluding hydrogens is 779 g/mol. The van der Waals surface area contributed by atoms with Crippen LogP contribution in [0.15, 0.2) is 201 Å². The monoisotopic (exact) mass is 850 g/mol. The van der Waals surface area contributed by atoms with Gasteiger partial charge >= 0.3 is 0 Å². The van der Waals surface area contributed by atoms with Gasteiger partial charge in [-0.05, 0) is 155 Å². The lowest BCUT2D eigenvalue weighted by atomic mass is 9.85. The summed E-state index contributed by atoms with van der Waals surface area (Å²) in [7, 11) is 0. The Bertz CT molecular complexity index is 2540. The van der Waals surface area contributed by atoms with Crippen LogP contribution < -0.4 is 0 Å². The first kappa shape index (κ1) is 52.9. The van der Waals surface area contributed by atoms with E-state index in [-0.39, 0.29) is 0 Å². The van der Waals surface area contributed by atoms with Crippen molar-refractivity contribution in [2.75, 3.05) is 6.26 Å². The Labute approximate surface area is 387 Å². The molecule has 0 heterocycles. The zero-order chi connectivity index (χ0) is 46.6. The van der Waals surface area contributed by atoms with Gasteiger partial charge < -0.3 is 5.41 Å². The maximum absolute atomic E-state index is 8.19. The molecule has 2 heteroatoms. The molecule has 0 aromatic heterocycles. The molecule has 0 unspecified atom stereocenters. The SMILES string of the molecule is C/C=C\C.C/C=C\C.C=C/C=C\CC(=N)/C=C\C(=C)c1ccc2ccc(-c3c4ccccc4c(-c4cccc(CC)c4)c4ccccc34)cc2c1.CC.CS.Cc1ccccc1C. The zero-order valence-electron chi connectivity index (χ0n) is 39.7. The van der Waals surface area contributed by atoms with Crippen molar-refractivity contribution in [1.82, 2.24) is 0 Å². The molecule has 0 aliphatic rings. The molecule has 0 radical (unpaired) electrons. The van der Waals surface area contributed by atoms with E-state index >= 15 is 0 Å². The smallest absolute Gasteiger partial charge is 0.0351 e. The molecule has 1 nitrogen and oxygen atoms in total. The van der Waals surface area contributed by atoms with Crippen LogP contribution in [0.2, 0.25) is 0 Å². The van der Waals surface area contributed by atoms with Gasteiger partial charge in [0, 0.05) is 12.1 Å². The van der Waals surface area contributed by atoms with E-state index in [0.717, 1.165) is 17.6 Å². The second-order valence-electron chi connectivity index (χ2n) is 14.3. The second-order valence-corrected chi connectivity index (χ2v) is 14.3. The minimum atomic E-state index is 0.533. The largest absolute Gasteiger partial charge is 0.305 e. The van der Waals surface area contributed by atoms with Crippen LogP contribution in [0, 0.1) is 19.3 Å². The van der Waals surface area contributed by atoms with Crippen molar-refractivity contribution < 1.29 is 0 Å². The van der Waals surface area contributed by atoms with Gasteiger partial charge in [-0.2, -0.15) is 12.6 Å². The third kappa shape index (κ3) is 15.9. The molecule has 0 fully saturated rings. The van der Waals surface area contributed by atoms with Crippen LogP contribution in [-0.2, 0) is 6.42 Å². The van der Waals surface area contributed by atoms with Crippen LogP contribution in [0.1, 0.15) is 77.1 Å². The molecule has 7 aromatic carbocycles. The van der Waals surface area contributed by atoms with E-state index in [2.05, 4.69) is 180 Å². The Balaban J connectivity index is 0.000000572. The number of benzene rings is 7. The Morgan fingerprint density at radius 2 is 1.05 bits per heavy atom. The van der Waals surface area contributed by atoms with Gasteiger partial charge in [0.15, 0.2) is 0 Å². The Kier molecular flexibility index (Phi) is 25.1. The van der Waals surface area contributed by atoms with Crippen LogP contribution in [0.5, 0.6) is 0 Å². The molecular formula is C61H71NS. The van der Waals surface area contributed by atoms with Gasteiger partial charge in [0.2, 0.25) is 0 Å². The van der Waals surface area contributed by atoms with E-state index < -0.39 is 0 Å². The van der Waals surface area contributed by atoms with Crippen molar-refractivity contribution in [1.29, 1.82) is 5.41 Å². The number of thiol groups is 1. The standard InChI is InChI=1S/C42H35N.C8H10.2C4H8.C2H6.CH4S/c1-4-6-7-15-36(43)25-20-29(3)32-23-21-31-22-24-34(28-35(31)27-32)42-39-18-10-8-16-37(39)41(38-17-9-11-19-40(38)42)33-14-12-13-30(5-2)26-33;1-7-5-3-4-6-8(7)2;2*1-3-4-2;2*1-2/h4,6-14,16-28,43H,1,3,5,15H2,2H3;3-6H,1-2H3;2*3-4H,1-2H3;1-2H3;2H,1H3/b7-6-,25-20-,43-36?;;2*4-3-;;. The Hall–Kier alpha value is -6.22. The lowest BCUT2D eigenvalue weighted by Gasteiger charge is -2.18. The average Bonchev–Trinajstić information content (AvgIpc) is 3.34. The molecule has 0 amide bonds. The fraction of sp³-hybridized carbons (Fsp3) is 0.197. The highest BCUT2D eigenvalue weighted by Gasteiger charge is 2.17. The fourth-order valence-electron chi connectivity index (χ4n) is 6.62. The predicted molar refractivity (Wildman–Crippen MR) is 292 cm³/mol. The normalized spacial score (nSPS) is 10.5. The summed E-state index contributed by atoms with van der Waals surface area (Å²) in [6.07, 6.45) is 20.6. The summed E-state index contributed by atoms with van der Waals surface area (Å²) in [5, 5.41) is 15.6. The Morgan fingerprint density at radius 1 is 0.571 bits per heavy atom. The molecule has 0 aliphatic carbocycles. The molecule has 0 saturated carbocycles. The summed E-state index contributed by atoms with van der Waals surface area (Å²) in [5.74, 6) is 0. The summed E-state index contributed by atoms with van der Waals surface area (Å²) in [4.78, 5) is 0. The molecule has 0 saturated heterocycles. The van der Waals surface area contributed by atoms with Crippen LogP contribution in [0.25, 0.3) is 60.1 Å². The molecule has 0 bridgehead atoms. The molecule has 7 rings (SSSR count). The summed E-state index contributed by atoms with van der Waals surface area (Å²) in [6, 6.07) is 48.2. The summed E-state index contributed by atoms with van der Waals surface area (Å²) in [5.41, 5.74) is 11.6. The van der Waals surface area contributed by atoms with Gasteiger partial charge in [-0.3, -0.25) is 0 Å². The lowest BCUT2D eigenvalue weighted by Crippen LogP contribution is -1.92. The van der Waals surface area contributed by atoms with E-state index in [1.165, 1.54) is 71.3 Å². The summed E-state index contributed by atoms with van der Waals surface area (Å²) >= 11 is 3.53. The topological polar surface area (TPSA) is 23.9 Å². The number of hydrogen-bond donors (Lipinski definition) is 2. The summed E-state index contributed by atoms with van der Waals surface area (Å²) < 4.78 is 0. The van der Waals surface area contributed by atoms with Gasteiger partial charge in [0.05, 0.1) is 0 Å². The molecule has 0 atom stereocenters. The molecule has 63 heavy (non-hydrogen) atoms. The Morgan fingerprint density at radius 3 is 1.51 bits per heavy atom. The minimum absolute atomic E-state index is 0.533. The second kappa shape index (κ2) is 29.9. The van der Waals surface area contributed by atoms with Crippen molar-refractivity contribution in [3.05, 3.63) is 224 Å². The number of allylic oxidation sites excluding steroid dienone is 10. The number of fused-ring (bicyclic) bond motifs is 3. The van der Waals surface area contributed by atoms with E-state index in [0.29, 0.717) is 12.1 Å². The average molecular weight is 850 g/mol. The fourth-order valence-corrected chi connectivity index (χ4v) is 6.62. The van der Waals surface area contributed by atoms with Crippen molar-refractivity contribution in [2.45, 2.75) is 75.2 Å². The van der Waals surface area contributed by atoms with Crippen molar-refractivity contribution in [3.8, 4) is 22.3 Å². The van der Waals surface area contributed by atoms with E-state index in [1.54, 1.807) is 12.3 Å². The molecule has 326 valence electrons. The van der Waals surface area contributed by atoms with Crippen LogP contribution >= 0.6 is 12.6 Å². The number of aryl methyl sites for hydroxylation is 3. The van der Waals surface area contributed by atoms with E-state index in [1.807, 2.05) is 90.2 Å². The zero-order valence-corrected chi connectivity index (χ0v) is 40.6. The first-order chi connectivity index (χ1) is 30.7. The van der Waals surface area contributed by atoms with Crippen LogP contribution in [-0.4, -0.2) is 12.0 Å². The first-order valence-electron chi connectivity index (χ1n) is 22.1. The maximum atomic E-state index is 8.19. The number of hydrogen-bond acceptors (Lipinski definition) is 2. The van der Waals surface area contributed by atoms with Crippen molar-refractivity contribution >= 4 is 56.2 Å². The highest BCUT2D eigenvalue weighted by molar-refractivity contribution is 7.79. The number of nitrogens with one attached hydrogen (secondary N) is 1. The molecule has 0 aliphatic heterocycles. The van der Waals surface area contributed by atoms with Gasteiger partial charge in [0.1, 0.15) is 0 Å². The minimum Gasteiger partial charge on any atom is -0.305 e. The highest BCUT2D eigenvalue weighted by Crippen LogP contribution is 2.44. The maximum Gasteiger partial charge on any atom is 0.0351 e. The predicted octanol–water partition coefficient (Wildman–Crippen LogP) is 18.8. The van der Waals surface area contributed by atoms with Gasteiger partial charge in [-0.25, -0.2) is 0 Å². The third-order valence-corrected chi connectivity index (χ3v) is 10.2. The van der Waals surface area contributed by atoms with Crippen LogP contribution in [0.4, 0.5) is 0 Å². The summed E-state index contributed by atoms with van der Waals surface area (Å²) in [6.45, 7) is 26.4. The van der Waals surface area contributed by atoms with Crippen molar-refractivity contribution in [3.63, 3.8) is 0 Å². The van der Waals surface area contributed by atoms with Crippen LogP contribution in [0.3, 0.4) is 0 Å². The van der Waals surface area contributed by atoms with E-state index in [9.17, 15) is 0 Å². The van der Waals surface area contributed by atoms with Gasteiger partial charge in [-0.15, -0.1) is 0 Å². The third-order valence-electron chi connectivity index (χ3n) is 10.2. The lowest BCUT2D eigenvalue weighted by molar-refractivity contribution is 1.14. The molecule has 1 N–H and O–H groups in total. The number of rotatable bonds is 9. The quantitative estimate of drug-likeness (QED) is 0.0475. The van der Waals surface area contributed by atoms with Crippen molar-refractivity contribution in [2.24, 2.45) is 0 Å². The molecule has 0 spiro atoms.